The fourth-order valence-electron chi connectivity index (χ4n) is 1.73. The van der Waals surface area contributed by atoms with Crippen molar-refractivity contribution < 1.29 is 5.11 Å². The summed E-state index contributed by atoms with van der Waals surface area (Å²) in [6.07, 6.45) is 2.07. The lowest BCUT2D eigenvalue weighted by atomic mass is 10.1. The summed E-state index contributed by atoms with van der Waals surface area (Å²) >= 11 is 12.0. The van der Waals surface area contributed by atoms with Crippen LogP contribution >= 0.6 is 23.2 Å². The molecule has 0 radical (unpaired) electrons. The standard InChI is InChI=1S/C11H11Cl2NO/c1-6(15)2-7-5-14-10-4-8(12)3-9(13)11(7)10/h3-6,14-15H,2H2,1H3. The summed E-state index contributed by atoms with van der Waals surface area (Å²) in [4.78, 5) is 3.10. The molecule has 2 N–H and O–H groups in total. The Balaban J connectivity index is 2.58. The average molecular weight is 244 g/mol. The van der Waals surface area contributed by atoms with Crippen molar-refractivity contribution in [1.29, 1.82) is 0 Å². The third-order valence-corrected chi connectivity index (χ3v) is 2.81. The predicted molar refractivity (Wildman–Crippen MR) is 63.7 cm³/mol. The van der Waals surface area contributed by atoms with Crippen molar-refractivity contribution in [3.8, 4) is 0 Å². The van der Waals surface area contributed by atoms with E-state index in [0.717, 1.165) is 16.5 Å². The molecular formula is C11H11Cl2NO. The van der Waals surface area contributed by atoms with Gasteiger partial charge in [0.05, 0.1) is 11.1 Å². The van der Waals surface area contributed by atoms with E-state index < -0.39 is 0 Å². The summed E-state index contributed by atoms with van der Waals surface area (Å²) < 4.78 is 0. The van der Waals surface area contributed by atoms with Crippen LogP contribution in [-0.2, 0) is 6.42 Å². The lowest BCUT2D eigenvalue weighted by Crippen LogP contribution is -2.03. The molecule has 1 aromatic heterocycles. The lowest BCUT2D eigenvalue weighted by Gasteiger charge is -2.03. The van der Waals surface area contributed by atoms with Crippen LogP contribution in [0.1, 0.15) is 12.5 Å². The zero-order chi connectivity index (χ0) is 11.0. The van der Waals surface area contributed by atoms with Gasteiger partial charge in [0, 0.05) is 28.5 Å². The molecule has 0 aliphatic rings. The second-order valence-electron chi connectivity index (χ2n) is 3.68. The summed E-state index contributed by atoms with van der Waals surface area (Å²) in [6.45, 7) is 1.75. The molecule has 0 fully saturated rings. The maximum Gasteiger partial charge on any atom is 0.0553 e. The number of hydrogen-bond acceptors (Lipinski definition) is 1. The van der Waals surface area contributed by atoms with Gasteiger partial charge in [-0.2, -0.15) is 0 Å². The first-order chi connectivity index (χ1) is 7.08. The summed E-state index contributed by atoms with van der Waals surface area (Å²) in [7, 11) is 0. The number of H-pyrrole nitrogens is 1. The summed E-state index contributed by atoms with van der Waals surface area (Å²) in [5, 5.41) is 11.5. The van der Waals surface area contributed by atoms with E-state index in [-0.39, 0.29) is 6.10 Å². The van der Waals surface area contributed by atoms with E-state index in [1.807, 2.05) is 12.3 Å². The van der Waals surface area contributed by atoms with E-state index in [2.05, 4.69) is 4.98 Å². The van der Waals surface area contributed by atoms with Gasteiger partial charge in [0.25, 0.3) is 0 Å². The van der Waals surface area contributed by atoms with Crippen LogP contribution in [0.25, 0.3) is 10.9 Å². The highest BCUT2D eigenvalue weighted by molar-refractivity contribution is 6.38. The molecule has 4 heteroatoms. The normalized spacial score (nSPS) is 13.3. The molecule has 2 nitrogen and oxygen atoms in total. The number of aromatic amines is 1. The molecule has 15 heavy (non-hydrogen) atoms. The Morgan fingerprint density at radius 1 is 1.40 bits per heavy atom. The van der Waals surface area contributed by atoms with Gasteiger partial charge in [-0.1, -0.05) is 23.2 Å². The van der Waals surface area contributed by atoms with Crippen molar-refractivity contribution in [2.45, 2.75) is 19.4 Å². The van der Waals surface area contributed by atoms with Gasteiger partial charge in [-0.05, 0) is 24.6 Å². The smallest absolute Gasteiger partial charge is 0.0553 e. The Bertz CT molecular complexity index is 491. The number of nitrogens with one attached hydrogen (secondary N) is 1. The average Bonchev–Trinajstić information content (AvgIpc) is 2.46. The Kier molecular flexibility index (Phi) is 2.91. The Labute approximate surface area is 97.8 Å². The quantitative estimate of drug-likeness (QED) is 0.834. The van der Waals surface area contributed by atoms with Crippen molar-refractivity contribution >= 4 is 34.1 Å². The number of aliphatic hydroxyl groups is 1. The molecule has 1 aromatic carbocycles. The first-order valence-corrected chi connectivity index (χ1v) is 5.46. The van der Waals surface area contributed by atoms with E-state index in [4.69, 9.17) is 23.2 Å². The van der Waals surface area contributed by atoms with Crippen LogP contribution in [-0.4, -0.2) is 16.2 Å². The molecule has 0 saturated carbocycles. The number of rotatable bonds is 2. The van der Waals surface area contributed by atoms with Gasteiger partial charge in [-0.3, -0.25) is 0 Å². The molecule has 0 spiro atoms. The second kappa shape index (κ2) is 4.05. The van der Waals surface area contributed by atoms with Crippen molar-refractivity contribution in [2.24, 2.45) is 0 Å². The molecule has 0 aliphatic carbocycles. The molecule has 0 bridgehead atoms. The van der Waals surface area contributed by atoms with Crippen molar-refractivity contribution in [2.75, 3.05) is 0 Å². The Morgan fingerprint density at radius 2 is 2.13 bits per heavy atom. The summed E-state index contributed by atoms with van der Waals surface area (Å²) in [6, 6.07) is 3.54. The molecule has 0 saturated heterocycles. The minimum Gasteiger partial charge on any atom is -0.393 e. The SMILES string of the molecule is CC(O)Cc1c[nH]c2cc(Cl)cc(Cl)c12. The van der Waals surface area contributed by atoms with Gasteiger partial charge in [-0.15, -0.1) is 0 Å². The number of aromatic nitrogens is 1. The third kappa shape index (κ3) is 2.12. The van der Waals surface area contributed by atoms with Crippen LogP contribution in [0.15, 0.2) is 18.3 Å². The molecule has 1 atom stereocenters. The van der Waals surface area contributed by atoms with Gasteiger partial charge < -0.3 is 10.1 Å². The van der Waals surface area contributed by atoms with E-state index >= 15 is 0 Å². The molecule has 2 rings (SSSR count). The van der Waals surface area contributed by atoms with E-state index in [1.165, 1.54) is 0 Å². The van der Waals surface area contributed by atoms with E-state index in [0.29, 0.717) is 16.5 Å². The monoisotopic (exact) mass is 243 g/mol. The Morgan fingerprint density at radius 3 is 2.80 bits per heavy atom. The van der Waals surface area contributed by atoms with E-state index in [9.17, 15) is 5.11 Å². The van der Waals surface area contributed by atoms with Crippen LogP contribution in [0.5, 0.6) is 0 Å². The van der Waals surface area contributed by atoms with Crippen molar-refractivity contribution in [1.82, 2.24) is 4.98 Å². The minimum atomic E-state index is -0.379. The van der Waals surface area contributed by atoms with Gasteiger partial charge in [0.15, 0.2) is 0 Å². The van der Waals surface area contributed by atoms with Crippen LogP contribution in [0.2, 0.25) is 10.0 Å². The summed E-state index contributed by atoms with van der Waals surface area (Å²) in [5.41, 5.74) is 1.92. The van der Waals surface area contributed by atoms with Gasteiger partial charge in [-0.25, -0.2) is 0 Å². The number of benzene rings is 1. The van der Waals surface area contributed by atoms with Gasteiger partial charge in [0.1, 0.15) is 0 Å². The molecule has 0 amide bonds. The number of hydrogen-bond donors (Lipinski definition) is 2. The van der Waals surface area contributed by atoms with Crippen molar-refractivity contribution in [3.05, 3.63) is 33.9 Å². The first kappa shape index (κ1) is 10.8. The molecule has 80 valence electrons. The maximum atomic E-state index is 9.35. The second-order valence-corrected chi connectivity index (χ2v) is 4.52. The number of fused-ring (bicyclic) bond motifs is 1. The molecule has 1 heterocycles. The molecule has 2 aromatic rings. The highest BCUT2D eigenvalue weighted by Gasteiger charge is 2.10. The fourth-order valence-corrected chi connectivity index (χ4v) is 2.34. The van der Waals surface area contributed by atoms with Crippen LogP contribution in [0.4, 0.5) is 0 Å². The largest absolute Gasteiger partial charge is 0.393 e. The van der Waals surface area contributed by atoms with Gasteiger partial charge in [0.2, 0.25) is 0 Å². The summed E-state index contributed by atoms with van der Waals surface area (Å²) in [5.74, 6) is 0. The zero-order valence-corrected chi connectivity index (χ0v) is 9.73. The first-order valence-electron chi connectivity index (χ1n) is 4.71. The number of aliphatic hydroxyl groups excluding tert-OH is 1. The molecule has 1 unspecified atom stereocenters. The highest BCUT2D eigenvalue weighted by Crippen LogP contribution is 2.30. The van der Waals surface area contributed by atoms with Crippen molar-refractivity contribution in [3.63, 3.8) is 0 Å². The van der Waals surface area contributed by atoms with Crippen LogP contribution < -0.4 is 0 Å². The van der Waals surface area contributed by atoms with Gasteiger partial charge >= 0.3 is 0 Å². The minimum absolute atomic E-state index is 0.379. The zero-order valence-electron chi connectivity index (χ0n) is 8.22. The van der Waals surface area contributed by atoms with E-state index in [1.54, 1.807) is 13.0 Å². The molecular weight excluding hydrogens is 233 g/mol. The highest BCUT2D eigenvalue weighted by atomic mass is 35.5. The Hall–Kier alpha value is -0.700. The van der Waals surface area contributed by atoms with Crippen LogP contribution in [0, 0.1) is 0 Å². The predicted octanol–water partition coefficient (Wildman–Crippen LogP) is 3.40. The lowest BCUT2D eigenvalue weighted by molar-refractivity contribution is 0.196. The van der Waals surface area contributed by atoms with Crippen LogP contribution in [0.3, 0.4) is 0 Å². The maximum absolute atomic E-state index is 9.35. The molecule has 0 aliphatic heterocycles. The topological polar surface area (TPSA) is 36.0 Å². The third-order valence-electron chi connectivity index (χ3n) is 2.29. The fraction of sp³-hybridized carbons (Fsp3) is 0.273. The number of halogens is 2.